The third-order valence-electron chi connectivity index (χ3n) is 5.06. The summed E-state index contributed by atoms with van der Waals surface area (Å²) < 4.78 is 0. The molecule has 3 rings (SSSR count). The first-order valence-corrected chi connectivity index (χ1v) is 11.1. The van der Waals surface area contributed by atoms with Gasteiger partial charge in [0.1, 0.15) is 5.69 Å². The quantitative estimate of drug-likeness (QED) is 0.318. The maximum Gasteiger partial charge on any atom is 0.133 e. The summed E-state index contributed by atoms with van der Waals surface area (Å²) in [6.45, 7) is 8.06. The molecule has 3 aromatic carbocycles. The predicted octanol–water partition coefficient (Wildman–Crippen LogP) is 6.59. The minimum absolute atomic E-state index is 0.0509. The summed E-state index contributed by atoms with van der Waals surface area (Å²) >= 11 is 4.64. The van der Waals surface area contributed by atoms with Crippen LogP contribution in [0.25, 0.3) is 10.8 Å². The van der Waals surface area contributed by atoms with Gasteiger partial charge in [0.15, 0.2) is 0 Å². The Labute approximate surface area is 181 Å². The number of hydrogen-bond donors (Lipinski definition) is 2. The molecule has 3 aromatic rings. The Hall–Kier alpha value is -2.29. The molecule has 0 saturated carbocycles. The highest BCUT2D eigenvalue weighted by Gasteiger charge is 2.26. The molecule has 0 saturated heterocycles. The lowest BCUT2D eigenvalue weighted by atomic mass is 9.78. The zero-order valence-electron chi connectivity index (χ0n) is 18.1. The van der Waals surface area contributed by atoms with Crippen LogP contribution in [0.4, 0.5) is 11.4 Å². The molecule has 0 aliphatic carbocycles. The number of nitrogens with one attached hydrogen (secondary N) is 1. The van der Waals surface area contributed by atoms with Gasteiger partial charge in [0, 0.05) is 17.6 Å². The molecule has 0 heterocycles. The highest BCUT2D eigenvalue weighted by molar-refractivity contribution is 6.15. The zero-order valence-corrected chi connectivity index (χ0v) is 18.8. The van der Waals surface area contributed by atoms with Crippen molar-refractivity contribution in [1.82, 2.24) is 0 Å². The Morgan fingerprint density at radius 1 is 0.931 bits per heavy atom. The van der Waals surface area contributed by atoms with Crippen molar-refractivity contribution in [2.45, 2.75) is 39.0 Å². The van der Waals surface area contributed by atoms with Gasteiger partial charge in [-0.15, -0.1) is 11.6 Å². The molecule has 2 nitrogen and oxygen atoms in total. The lowest BCUT2D eigenvalue weighted by Gasteiger charge is -2.27. The van der Waals surface area contributed by atoms with E-state index in [-0.39, 0.29) is 5.41 Å². The number of rotatable bonds is 8. The van der Waals surface area contributed by atoms with E-state index in [1.165, 1.54) is 34.8 Å². The number of benzene rings is 3. The van der Waals surface area contributed by atoms with Crippen molar-refractivity contribution in [2.24, 2.45) is 0 Å². The van der Waals surface area contributed by atoms with Gasteiger partial charge >= 0.3 is 0 Å². The highest BCUT2D eigenvalue weighted by atomic mass is 35.5. The topological polar surface area (TPSA) is 28.6 Å². The lowest BCUT2D eigenvalue weighted by Crippen LogP contribution is -2.78. The average Bonchev–Trinajstić information content (AvgIpc) is 2.77. The normalized spacial score (nSPS) is 11.3. The van der Waals surface area contributed by atoms with E-state index in [0.717, 1.165) is 18.7 Å². The number of halogens is 1. The van der Waals surface area contributed by atoms with Gasteiger partial charge in [-0.05, 0) is 59.5 Å². The van der Waals surface area contributed by atoms with Crippen LogP contribution in [0.2, 0.25) is 0 Å². The number of allylic oxidation sites excluding steroid dienone is 1. The molecule has 0 aliphatic heterocycles. The summed E-state index contributed by atoms with van der Waals surface area (Å²) in [5, 5.41) is 8.46. The minimum Gasteiger partial charge on any atom is -0.362 e. The molecule has 0 aromatic heterocycles. The van der Waals surface area contributed by atoms with Crippen LogP contribution in [0.1, 0.15) is 39.2 Å². The van der Waals surface area contributed by atoms with Crippen molar-refractivity contribution in [2.75, 3.05) is 18.2 Å². The van der Waals surface area contributed by atoms with Crippen LogP contribution in [0.15, 0.2) is 79.0 Å². The first kappa shape index (κ1) is 23.0. The SMILES string of the molecule is CCC[NH2+]c1ccc2ccccc2c1C(C)(C)C/C=C/Nc1ccccc1.CCl. The zero-order chi connectivity index (χ0) is 21.1. The molecule has 0 radical (unpaired) electrons. The standard InChI is InChI=1S/C25H30N2.CH3Cl/c1-4-18-27-23-16-15-20-11-8-9-14-22(20)24(23)25(2,3)17-10-19-26-21-12-6-5-7-13-21;1-2/h5-16,19,26-27H,4,17-18H2,1-3H3;1H3/p+1/b19-10+;. The smallest absolute Gasteiger partial charge is 0.133 e. The monoisotopic (exact) mass is 409 g/mol. The third kappa shape index (κ3) is 6.35. The number of para-hydroxylation sites is 1. The van der Waals surface area contributed by atoms with E-state index in [1.807, 2.05) is 18.2 Å². The van der Waals surface area contributed by atoms with Gasteiger partial charge in [0.05, 0.1) is 6.54 Å². The van der Waals surface area contributed by atoms with E-state index in [2.05, 4.69) is 104 Å². The predicted molar refractivity (Wildman–Crippen MR) is 129 cm³/mol. The van der Waals surface area contributed by atoms with Crippen LogP contribution in [0.5, 0.6) is 0 Å². The Kier molecular flexibility index (Phi) is 9.24. The molecule has 0 amide bonds. The maximum absolute atomic E-state index is 4.64. The van der Waals surface area contributed by atoms with Crippen molar-refractivity contribution in [3.8, 4) is 0 Å². The fourth-order valence-electron chi connectivity index (χ4n) is 3.66. The van der Waals surface area contributed by atoms with Crippen LogP contribution in [-0.4, -0.2) is 12.9 Å². The van der Waals surface area contributed by atoms with E-state index in [9.17, 15) is 0 Å². The molecule has 0 atom stereocenters. The molecule has 3 N–H and O–H groups in total. The summed E-state index contributed by atoms with van der Waals surface area (Å²) in [6.07, 6.45) is 7.94. The number of nitrogens with two attached hydrogens (primary N) is 1. The van der Waals surface area contributed by atoms with Crippen LogP contribution >= 0.6 is 11.6 Å². The minimum atomic E-state index is 0.0509. The summed E-state index contributed by atoms with van der Waals surface area (Å²) in [4.78, 5) is 0. The molecule has 29 heavy (non-hydrogen) atoms. The first-order valence-electron chi connectivity index (χ1n) is 10.3. The van der Waals surface area contributed by atoms with Crippen molar-refractivity contribution >= 4 is 33.7 Å². The molecule has 0 bridgehead atoms. The lowest BCUT2D eigenvalue weighted by molar-refractivity contribution is -0.572. The van der Waals surface area contributed by atoms with Crippen LogP contribution in [0, 0.1) is 0 Å². The summed E-state index contributed by atoms with van der Waals surface area (Å²) in [7, 11) is 0. The van der Waals surface area contributed by atoms with Gasteiger partial charge in [-0.3, -0.25) is 0 Å². The Morgan fingerprint density at radius 3 is 2.34 bits per heavy atom. The Bertz CT molecular complexity index is 901. The molecule has 0 aliphatic rings. The van der Waals surface area contributed by atoms with E-state index < -0.39 is 0 Å². The molecular weight excluding hydrogens is 376 g/mol. The number of quaternary nitrogens is 1. The van der Waals surface area contributed by atoms with E-state index >= 15 is 0 Å². The molecule has 3 heteroatoms. The number of alkyl halides is 1. The first-order chi connectivity index (χ1) is 14.1. The van der Waals surface area contributed by atoms with Gasteiger partial charge in [-0.1, -0.05) is 69.3 Å². The number of hydrogen-bond acceptors (Lipinski definition) is 1. The maximum atomic E-state index is 4.64. The summed E-state index contributed by atoms with van der Waals surface area (Å²) in [5.41, 5.74) is 4.01. The summed E-state index contributed by atoms with van der Waals surface area (Å²) in [6, 6.07) is 23.6. The second kappa shape index (κ2) is 11.6. The van der Waals surface area contributed by atoms with Crippen molar-refractivity contribution < 1.29 is 5.32 Å². The van der Waals surface area contributed by atoms with Gasteiger partial charge in [-0.2, -0.15) is 0 Å². The second-order valence-corrected chi connectivity index (χ2v) is 7.74. The number of fused-ring (bicyclic) bond motifs is 1. The fraction of sp³-hybridized carbons (Fsp3) is 0.308. The van der Waals surface area contributed by atoms with Crippen LogP contribution < -0.4 is 10.6 Å². The van der Waals surface area contributed by atoms with Crippen LogP contribution in [0.3, 0.4) is 0 Å². The van der Waals surface area contributed by atoms with Crippen molar-refractivity contribution in [3.05, 3.63) is 84.6 Å². The molecular formula is C26H34ClN2+. The summed E-state index contributed by atoms with van der Waals surface area (Å²) in [5.74, 6) is 0. The van der Waals surface area contributed by atoms with Crippen molar-refractivity contribution in [3.63, 3.8) is 0 Å². The Morgan fingerprint density at radius 2 is 1.62 bits per heavy atom. The Balaban J connectivity index is 0.00000145. The molecule has 0 unspecified atom stereocenters. The fourth-order valence-corrected chi connectivity index (χ4v) is 3.66. The third-order valence-corrected chi connectivity index (χ3v) is 5.06. The average molecular weight is 410 g/mol. The van der Waals surface area contributed by atoms with Gasteiger partial charge in [0.25, 0.3) is 0 Å². The van der Waals surface area contributed by atoms with Gasteiger partial charge in [-0.25, -0.2) is 0 Å². The van der Waals surface area contributed by atoms with E-state index in [4.69, 9.17) is 0 Å². The van der Waals surface area contributed by atoms with Crippen LogP contribution in [-0.2, 0) is 5.41 Å². The molecule has 0 spiro atoms. The second-order valence-electron chi connectivity index (χ2n) is 7.74. The number of anilines is 1. The molecule has 0 fully saturated rings. The van der Waals surface area contributed by atoms with Gasteiger partial charge in [0.2, 0.25) is 0 Å². The van der Waals surface area contributed by atoms with E-state index in [0.29, 0.717) is 0 Å². The van der Waals surface area contributed by atoms with Gasteiger partial charge < -0.3 is 10.6 Å². The largest absolute Gasteiger partial charge is 0.362 e. The van der Waals surface area contributed by atoms with Crippen molar-refractivity contribution in [1.29, 1.82) is 0 Å². The molecule has 154 valence electrons. The van der Waals surface area contributed by atoms with E-state index in [1.54, 1.807) is 0 Å². The highest BCUT2D eigenvalue weighted by Crippen LogP contribution is 2.37.